The van der Waals surface area contributed by atoms with Crippen LogP contribution in [0.4, 0.5) is 0 Å². The van der Waals surface area contributed by atoms with Crippen LogP contribution in [0.25, 0.3) is 0 Å². The van der Waals surface area contributed by atoms with E-state index in [0.29, 0.717) is 6.54 Å². The lowest BCUT2D eigenvalue weighted by atomic mass is 10.5. The highest BCUT2D eigenvalue weighted by Gasteiger charge is 1.92. The molecular weight excluding hydrogens is 132 g/mol. The van der Waals surface area contributed by atoms with E-state index in [4.69, 9.17) is 5.11 Å². The third kappa shape index (κ3) is 7.39. The van der Waals surface area contributed by atoms with Crippen molar-refractivity contribution in [3.63, 3.8) is 0 Å². The topological polar surface area (TPSA) is 61.4 Å². The van der Waals surface area contributed by atoms with Crippen LogP contribution in [0, 0.1) is 0 Å². The minimum Gasteiger partial charge on any atom is -0.480 e. The molecule has 4 heteroatoms. The summed E-state index contributed by atoms with van der Waals surface area (Å²) >= 11 is 0. The first-order valence-corrected chi connectivity index (χ1v) is 3.40. The Kier molecular flexibility index (Phi) is 6.11. The highest BCUT2D eigenvalue weighted by molar-refractivity contribution is 5.68. The Morgan fingerprint density at radius 1 is 1.40 bits per heavy atom. The number of rotatable bonds is 6. The lowest BCUT2D eigenvalue weighted by Gasteiger charge is -2.00. The van der Waals surface area contributed by atoms with Crippen molar-refractivity contribution >= 4 is 5.97 Å². The van der Waals surface area contributed by atoms with Crippen molar-refractivity contribution in [2.75, 3.05) is 26.2 Å². The monoisotopic (exact) mass is 146 g/mol. The molecule has 0 aliphatic carbocycles. The van der Waals surface area contributed by atoms with Crippen LogP contribution in [0.1, 0.15) is 6.92 Å². The van der Waals surface area contributed by atoms with Gasteiger partial charge >= 0.3 is 5.97 Å². The molecule has 0 rings (SSSR count). The second-order valence-corrected chi connectivity index (χ2v) is 1.92. The molecule has 0 amide bonds. The maximum absolute atomic E-state index is 9.95. The van der Waals surface area contributed by atoms with E-state index in [2.05, 4.69) is 10.6 Å². The fourth-order valence-corrected chi connectivity index (χ4v) is 0.549. The maximum atomic E-state index is 9.95. The molecule has 0 aliphatic heterocycles. The molecular formula is C6H14N2O2. The number of hydrogen-bond donors (Lipinski definition) is 3. The van der Waals surface area contributed by atoms with Crippen LogP contribution in [0.5, 0.6) is 0 Å². The van der Waals surface area contributed by atoms with Gasteiger partial charge in [-0.1, -0.05) is 6.92 Å². The Morgan fingerprint density at radius 3 is 2.50 bits per heavy atom. The number of aliphatic carboxylic acids is 1. The van der Waals surface area contributed by atoms with Crippen molar-refractivity contribution < 1.29 is 9.90 Å². The molecule has 0 atom stereocenters. The van der Waals surface area contributed by atoms with E-state index in [1.807, 2.05) is 6.92 Å². The van der Waals surface area contributed by atoms with Gasteiger partial charge in [0.05, 0.1) is 6.54 Å². The number of likely N-dealkylation sites (N-methyl/N-ethyl adjacent to an activating group) is 1. The molecule has 0 radical (unpaired) electrons. The molecule has 0 aromatic carbocycles. The van der Waals surface area contributed by atoms with E-state index in [9.17, 15) is 4.79 Å². The van der Waals surface area contributed by atoms with Crippen LogP contribution in [0.15, 0.2) is 0 Å². The largest absolute Gasteiger partial charge is 0.480 e. The predicted molar refractivity (Wildman–Crippen MR) is 39.0 cm³/mol. The molecule has 10 heavy (non-hydrogen) atoms. The van der Waals surface area contributed by atoms with E-state index in [1.165, 1.54) is 0 Å². The van der Waals surface area contributed by atoms with Gasteiger partial charge in [0.25, 0.3) is 0 Å². The zero-order chi connectivity index (χ0) is 7.82. The SMILES string of the molecule is CCNCCNCC(=O)O. The van der Waals surface area contributed by atoms with E-state index < -0.39 is 5.97 Å². The molecule has 0 saturated heterocycles. The first-order valence-electron chi connectivity index (χ1n) is 3.40. The molecule has 0 saturated carbocycles. The summed E-state index contributed by atoms with van der Waals surface area (Å²) in [5, 5.41) is 14.0. The standard InChI is InChI=1S/C6H14N2O2/c1-2-7-3-4-8-5-6(9)10/h7-8H,2-5H2,1H3,(H,9,10). The minimum atomic E-state index is -0.809. The van der Waals surface area contributed by atoms with Crippen LogP contribution in [-0.4, -0.2) is 37.3 Å². The predicted octanol–water partition coefficient (Wildman–Crippen LogP) is -0.730. The van der Waals surface area contributed by atoms with E-state index >= 15 is 0 Å². The Labute approximate surface area is 60.6 Å². The van der Waals surface area contributed by atoms with Crippen molar-refractivity contribution in [1.29, 1.82) is 0 Å². The zero-order valence-electron chi connectivity index (χ0n) is 6.18. The molecule has 0 aromatic heterocycles. The molecule has 60 valence electrons. The molecule has 0 heterocycles. The lowest BCUT2D eigenvalue weighted by Crippen LogP contribution is -2.30. The van der Waals surface area contributed by atoms with E-state index in [0.717, 1.165) is 13.1 Å². The van der Waals surface area contributed by atoms with Gasteiger partial charge in [0, 0.05) is 13.1 Å². The lowest BCUT2D eigenvalue weighted by molar-refractivity contribution is -0.135. The molecule has 0 fully saturated rings. The van der Waals surface area contributed by atoms with Crippen molar-refractivity contribution in [2.24, 2.45) is 0 Å². The van der Waals surface area contributed by atoms with Gasteiger partial charge in [-0.25, -0.2) is 0 Å². The summed E-state index contributed by atoms with van der Waals surface area (Å²) in [5.74, 6) is -0.809. The van der Waals surface area contributed by atoms with Gasteiger partial charge in [0.2, 0.25) is 0 Å². The summed E-state index contributed by atoms with van der Waals surface area (Å²) in [6.07, 6.45) is 0. The summed E-state index contributed by atoms with van der Waals surface area (Å²) < 4.78 is 0. The van der Waals surface area contributed by atoms with Gasteiger partial charge in [-0.15, -0.1) is 0 Å². The fourth-order valence-electron chi connectivity index (χ4n) is 0.549. The van der Waals surface area contributed by atoms with Crippen LogP contribution in [0.2, 0.25) is 0 Å². The third-order valence-electron chi connectivity index (χ3n) is 1.00. The fraction of sp³-hybridized carbons (Fsp3) is 0.833. The summed E-state index contributed by atoms with van der Waals surface area (Å²) in [6, 6.07) is 0. The molecule has 0 spiro atoms. The van der Waals surface area contributed by atoms with Gasteiger partial charge in [0.1, 0.15) is 0 Å². The molecule has 4 nitrogen and oxygen atoms in total. The van der Waals surface area contributed by atoms with Crippen molar-refractivity contribution in [1.82, 2.24) is 10.6 Å². The minimum absolute atomic E-state index is 0.0470. The molecule has 3 N–H and O–H groups in total. The highest BCUT2D eigenvalue weighted by atomic mass is 16.4. The quantitative estimate of drug-likeness (QED) is 0.432. The van der Waals surface area contributed by atoms with Gasteiger partial charge in [-0.3, -0.25) is 4.79 Å². The Bertz CT molecular complexity index is 95.7. The normalized spacial score (nSPS) is 9.70. The first kappa shape index (κ1) is 9.39. The van der Waals surface area contributed by atoms with Gasteiger partial charge in [-0.05, 0) is 6.54 Å². The Hall–Kier alpha value is -0.610. The number of carboxylic acid groups (broad SMARTS) is 1. The highest BCUT2D eigenvalue weighted by Crippen LogP contribution is 1.60. The second-order valence-electron chi connectivity index (χ2n) is 1.92. The first-order chi connectivity index (χ1) is 4.77. The van der Waals surface area contributed by atoms with E-state index in [-0.39, 0.29) is 6.54 Å². The molecule has 0 aliphatic rings. The summed E-state index contributed by atoms with van der Waals surface area (Å²) in [5.41, 5.74) is 0. The van der Waals surface area contributed by atoms with Crippen LogP contribution >= 0.6 is 0 Å². The van der Waals surface area contributed by atoms with Gasteiger partial charge in [0.15, 0.2) is 0 Å². The number of hydrogen-bond acceptors (Lipinski definition) is 3. The molecule has 0 bridgehead atoms. The van der Waals surface area contributed by atoms with E-state index in [1.54, 1.807) is 0 Å². The van der Waals surface area contributed by atoms with Crippen LogP contribution < -0.4 is 10.6 Å². The summed E-state index contributed by atoms with van der Waals surface area (Å²) in [7, 11) is 0. The summed E-state index contributed by atoms with van der Waals surface area (Å²) in [6.45, 7) is 4.52. The maximum Gasteiger partial charge on any atom is 0.317 e. The van der Waals surface area contributed by atoms with Crippen molar-refractivity contribution in [2.45, 2.75) is 6.92 Å². The second kappa shape index (κ2) is 6.51. The number of carboxylic acids is 1. The zero-order valence-corrected chi connectivity index (χ0v) is 6.18. The number of nitrogens with one attached hydrogen (secondary N) is 2. The van der Waals surface area contributed by atoms with Crippen LogP contribution in [0.3, 0.4) is 0 Å². The molecule has 0 unspecified atom stereocenters. The smallest absolute Gasteiger partial charge is 0.317 e. The molecule has 0 aromatic rings. The van der Waals surface area contributed by atoms with Crippen LogP contribution in [-0.2, 0) is 4.79 Å². The van der Waals surface area contributed by atoms with Gasteiger partial charge in [-0.2, -0.15) is 0 Å². The number of carbonyl (C=O) groups is 1. The van der Waals surface area contributed by atoms with Crippen molar-refractivity contribution in [3.8, 4) is 0 Å². The third-order valence-corrected chi connectivity index (χ3v) is 1.00. The summed E-state index contributed by atoms with van der Waals surface area (Å²) in [4.78, 5) is 9.95. The Balaban J connectivity index is 2.84. The Morgan fingerprint density at radius 2 is 2.00 bits per heavy atom. The van der Waals surface area contributed by atoms with Crippen molar-refractivity contribution in [3.05, 3.63) is 0 Å². The average molecular weight is 146 g/mol. The average Bonchev–Trinajstić information content (AvgIpc) is 1.87. The van der Waals surface area contributed by atoms with Gasteiger partial charge < -0.3 is 15.7 Å².